The summed E-state index contributed by atoms with van der Waals surface area (Å²) in [6, 6.07) is 9.11. The van der Waals surface area contributed by atoms with Crippen molar-refractivity contribution in [3.05, 3.63) is 58.6 Å². The smallest absolute Gasteiger partial charge is 0.416 e. The second kappa shape index (κ2) is 10.2. The lowest BCUT2D eigenvalue weighted by Crippen LogP contribution is -2.30. The average Bonchev–Trinajstić information content (AvgIpc) is 2.68. The Balaban J connectivity index is 2.04. The third kappa shape index (κ3) is 6.93. The molecular formula is C22H19ClF3NO4. The Bertz CT molecular complexity index is 1010. The van der Waals surface area contributed by atoms with E-state index in [1.807, 2.05) is 0 Å². The highest BCUT2D eigenvalue weighted by Crippen LogP contribution is 2.35. The van der Waals surface area contributed by atoms with Gasteiger partial charge in [-0.2, -0.15) is 13.2 Å². The van der Waals surface area contributed by atoms with Gasteiger partial charge in [-0.3, -0.25) is 9.59 Å². The number of hydrogen-bond acceptors (Lipinski definition) is 3. The van der Waals surface area contributed by atoms with Crippen molar-refractivity contribution >= 4 is 29.2 Å². The maximum Gasteiger partial charge on any atom is 0.416 e. The van der Waals surface area contributed by atoms with Crippen molar-refractivity contribution in [3.63, 3.8) is 0 Å². The van der Waals surface area contributed by atoms with Crippen molar-refractivity contribution in [1.82, 2.24) is 0 Å². The summed E-state index contributed by atoms with van der Waals surface area (Å²) >= 11 is 5.84. The van der Waals surface area contributed by atoms with E-state index in [0.717, 1.165) is 18.2 Å². The van der Waals surface area contributed by atoms with Gasteiger partial charge in [0.2, 0.25) is 0 Å². The number of rotatable bonds is 7. The van der Waals surface area contributed by atoms with Gasteiger partial charge in [0.05, 0.1) is 22.9 Å². The molecule has 0 radical (unpaired) electrons. The van der Waals surface area contributed by atoms with Crippen LogP contribution in [-0.2, 0) is 15.8 Å². The van der Waals surface area contributed by atoms with Gasteiger partial charge in [0, 0.05) is 5.69 Å². The van der Waals surface area contributed by atoms with Gasteiger partial charge in [0.1, 0.15) is 5.75 Å². The number of hydrogen-bond donors (Lipinski definition) is 2. The topological polar surface area (TPSA) is 75.6 Å². The second-order valence-corrected chi connectivity index (χ2v) is 6.97. The van der Waals surface area contributed by atoms with E-state index in [1.54, 1.807) is 31.2 Å². The van der Waals surface area contributed by atoms with Crippen molar-refractivity contribution in [1.29, 1.82) is 0 Å². The first kappa shape index (κ1) is 24.1. The summed E-state index contributed by atoms with van der Waals surface area (Å²) in [5, 5.41) is 11.4. The van der Waals surface area contributed by atoms with Crippen LogP contribution in [0.3, 0.4) is 0 Å². The molecule has 2 rings (SSSR count). The first-order chi connectivity index (χ1) is 14.5. The van der Waals surface area contributed by atoms with Crippen LogP contribution < -0.4 is 10.1 Å². The fourth-order valence-corrected chi connectivity index (χ4v) is 2.89. The fourth-order valence-electron chi connectivity index (χ4n) is 2.66. The molecule has 0 aliphatic heterocycles. The molecule has 0 spiro atoms. The standard InChI is InChI=1S/C22H19ClF3NO4/c1-3-4-15(11-20(28)29)14-5-8-17(9-6-14)27-21(30)13(2)31-19-10-7-16(12-18(19)23)22(24,25)26/h5-10,12-13,15H,11H2,1-2H3,(H,27,30)(H,28,29)/t13-,15?/m0/s1. The number of carboxylic acid groups (broad SMARTS) is 1. The number of carboxylic acids is 1. The van der Waals surface area contributed by atoms with Crippen molar-refractivity contribution < 1.29 is 32.6 Å². The second-order valence-electron chi connectivity index (χ2n) is 6.56. The highest BCUT2D eigenvalue weighted by molar-refractivity contribution is 6.32. The van der Waals surface area contributed by atoms with E-state index in [0.29, 0.717) is 11.3 Å². The summed E-state index contributed by atoms with van der Waals surface area (Å²) < 4.78 is 43.5. The summed E-state index contributed by atoms with van der Waals surface area (Å²) in [7, 11) is 0. The van der Waals surface area contributed by atoms with E-state index < -0.39 is 35.6 Å². The van der Waals surface area contributed by atoms with E-state index >= 15 is 0 Å². The molecule has 2 aromatic rings. The number of carbonyl (C=O) groups excluding carboxylic acids is 1. The van der Waals surface area contributed by atoms with Gasteiger partial charge < -0.3 is 15.2 Å². The molecule has 0 aliphatic carbocycles. The molecule has 9 heteroatoms. The van der Waals surface area contributed by atoms with Crippen LogP contribution >= 0.6 is 11.6 Å². The van der Waals surface area contributed by atoms with Crippen LogP contribution in [0.15, 0.2) is 42.5 Å². The lowest BCUT2D eigenvalue weighted by Gasteiger charge is -2.17. The van der Waals surface area contributed by atoms with Crippen molar-refractivity contribution in [2.45, 2.75) is 38.5 Å². The highest BCUT2D eigenvalue weighted by Gasteiger charge is 2.31. The number of anilines is 1. The predicted molar refractivity (Wildman–Crippen MR) is 110 cm³/mol. The highest BCUT2D eigenvalue weighted by atomic mass is 35.5. The largest absolute Gasteiger partial charge is 0.481 e. The lowest BCUT2D eigenvalue weighted by molar-refractivity contribution is -0.138. The molecule has 2 aromatic carbocycles. The van der Waals surface area contributed by atoms with Crippen LogP contribution in [0, 0.1) is 11.8 Å². The molecule has 2 atom stereocenters. The summed E-state index contributed by atoms with van der Waals surface area (Å²) in [5.74, 6) is 3.49. The normalized spacial score (nSPS) is 12.8. The van der Waals surface area contributed by atoms with Gasteiger partial charge in [-0.05, 0) is 49.7 Å². The zero-order valence-corrected chi connectivity index (χ0v) is 17.3. The van der Waals surface area contributed by atoms with Crippen LogP contribution in [0.2, 0.25) is 5.02 Å². The molecular weight excluding hydrogens is 435 g/mol. The van der Waals surface area contributed by atoms with Gasteiger partial charge >= 0.3 is 12.1 Å². The Morgan fingerprint density at radius 2 is 1.84 bits per heavy atom. The molecule has 164 valence electrons. The van der Waals surface area contributed by atoms with Gasteiger partial charge in [-0.15, -0.1) is 5.92 Å². The Hall–Kier alpha value is -3.18. The molecule has 2 N–H and O–H groups in total. The Labute approximate surface area is 182 Å². The van der Waals surface area contributed by atoms with Crippen molar-refractivity contribution in [2.75, 3.05) is 5.32 Å². The number of alkyl halides is 3. The summed E-state index contributed by atoms with van der Waals surface area (Å²) in [4.78, 5) is 23.3. The van der Waals surface area contributed by atoms with E-state index in [9.17, 15) is 22.8 Å². The first-order valence-electron chi connectivity index (χ1n) is 9.09. The summed E-state index contributed by atoms with van der Waals surface area (Å²) in [6.07, 6.45) is -5.73. The molecule has 0 heterocycles. The minimum Gasteiger partial charge on any atom is -0.481 e. The maximum absolute atomic E-state index is 12.7. The molecule has 0 aliphatic rings. The van der Waals surface area contributed by atoms with Gasteiger partial charge in [-0.25, -0.2) is 0 Å². The van der Waals surface area contributed by atoms with Crippen LogP contribution in [0.1, 0.15) is 37.3 Å². The monoisotopic (exact) mass is 453 g/mol. The summed E-state index contributed by atoms with van der Waals surface area (Å²) in [5.41, 5.74) is 0.202. The molecule has 1 amide bonds. The van der Waals surface area contributed by atoms with E-state index in [4.69, 9.17) is 21.4 Å². The third-order valence-electron chi connectivity index (χ3n) is 4.21. The average molecular weight is 454 g/mol. The number of halogens is 4. The fraction of sp³-hybridized carbons (Fsp3) is 0.273. The predicted octanol–water partition coefficient (Wildman–Crippen LogP) is 5.35. The maximum atomic E-state index is 12.7. The zero-order valence-electron chi connectivity index (χ0n) is 16.6. The zero-order chi connectivity index (χ0) is 23.2. The van der Waals surface area contributed by atoms with Crippen LogP contribution in [-0.4, -0.2) is 23.1 Å². The Kier molecular flexibility index (Phi) is 7.95. The molecule has 31 heavy (non-hydrogen) atoms. The number of carbonyl (C=O) groups is 2. The number of benzene rings is 2. The van der Waals surface area contributed by atoms with Crippen molar-refractivity contribution in [2.24, 2.45) is 0 Å². The molecule has 1 unspecified atom stereocenters. The van der Waals surface area contributed by atoms with Gasteiger partial charge in [0.25, 0.3) is 5.91 Å². The van der Waals surface area contributed by atoms with Crippen LogP contribution in [0.25, 0.3) is 0 Å². The molecule has 0 fully saturated rings. The molecule has 0 bridgehead atoms. The van der Waals surface area contributed by atoms with Crippen LogP contribution in [0.4, 0.5) is 18.9 Å². The molecule has 5 nitrogen and oxygen atoms in total. The van der Waals surface area contributed by atoms with Crippen molar-refractivity contribution in [3.8, 4) is 17.6 Å². The minimum atomic E-state index is -4.54. The number of ether oxygens (including phenoxy) is 1. The number of nitrogens with one attached hydrogen (secondary N) is 1. The molecule has 0 saturated carbocycles. The third-order valence-corrected chi connectivity index (χ3v) is 4.51. The summed E-state index contributed by atoms with van der Waals surface area (Å²) in [6.45, 7) is 3.05. The van der Waals surface area contributed by atoms with E-state index in [1.165, 1.54) is 6.92 Å². The van der Waals surface area contributed by atoms with E-state index in [2.05, 4.69) is 17.2 Å². The number of amides is 1. The lowest BCUT2D eigenvalue weighted by atomic mass is 9.96. The number of aliphatic carboxylic acids is 1. The first-order valence-corrected chi connectivity index (χ1v) is 9.47. The van der Waals surface area contributed by atoms with Gasteiger partial charge in [0.15, 0.2) is 6.10 Å². The Morgan fingerprint density at radius 3 is 2.35 bits per heavy atom. The van der Waals surface area contributed by atoms with Gasteiger partial charge in [-0.1, -0.05) is 29.7 Å². The minimum absolute atomic E-state index is 0.0534. The van der Waals surface area contributed by atoms with Crippen LogP contribution in [0.5, 0.6) is 5.75 Å². The van der Waals surface area contributed by atoms with E-state index in [-0.39, 0.29) is 17.2 Å². The quantitative estimate of drug-likeness (QED) is 0.554. The molecule has 0 saturated heterocycles. The Morgan fingerprint density at radius 1 is 1.19 bits per heavy atom. The molecule has 0 aromatic heterocycles. The SMILES string of the molecule is CC#CC(CC(=O)O)c1ccc(NC(=O)[C@H](C)Oc2ccc(C(F)(F)F)cc2Cl)cc1.